The zero-order valence-electron chi connectivity index (χ0n) is 9.96. The molecule has 1 saturated heterocycles. The lowest BCUT2D eigenvalue weighted by Crippen LogP contribution is -2.56. The molecule has 0 aromatic heterocycles. The van der Waals surface area contributed by atoms with Crippen LogP contribution in [0.1, 0.15) is 6.92 Å². The van der Waals surface area contributed by atoms with Crippen molar-refractivity contribution >= 4 is 6.03 Å². The topological polar surface area (TPSA) is 102 Å². The van der Waals surface area contributed by atoms with E-state index in [0.29, 0.717) is 11.1 Å². The predicted molar refractivity (Wildman–Crippen MR) is 56.8 cm³/mol. The Bertz CT molecular complexity index is 417. The van der Waals surface area contributed by atoms with E-state index in [-0.39, 0.29) is 0 Å². The van der Waals surface area contributed by atoms with E-state index in [1.165, 1.54) is 0 Å². The van der Waals surface area contributed by atoms with E-state index in [1.54, 1.807) is 0 Å². The Kier molecular flexibility index (Phi) is 3.47. The predicted octanol–water partition coefficient (Wildman–Crippen LogP) is -1.05. The number of alkyl halides is 1. The Balaban J connectivity index is 2.29. The molecule has 4 N–H and O–H groups in total. The number of carbonyl (C=O) groups is 1. The lowest BCUT2D eigenvalue weighted by Gasteiger charge is -2.34. The minimum Gasteiger partial charge on any atom is -0.394 e. The smallest absolute Gasteiger partial charge is 0.326 e. The molecule has 5 atom stereocenters. The second-order valence-corrected chi connectivity index (χ2v) is 4.58. The fourth-order valence-corrected chi connectivity index (χ4v) is 2.06. The van der Waals surface area contributed by atoms with Gasteiger partial charge in [0.15, 0.2) is 24.0 Å². The molecule has 1 fully saturated rings. The van der Waals surface area contributed by atoms with Crippen LogP contribution in [0.3, 0.4) is 0 Å². The van der Waals surface area contributed by atoms with E-state index in [1.807, 2.05) is 5.32 Å². The molecular formula is C10H14F2N2O5. The molecule has 1 unspecified atom stereocenters. The van der Waals surface area contributed by atoms with E-state index in [2.05, 4.69) is 0 Å². The van der Waals surface area contributed by atoms with Gasteiger partial charge in [0.25, 0.3) is 0 Å². The number of amides is 2. The van der Waals surface area contributed by atoms with Crippen molar-refractivity contribution in [2.45, 2.75) is 37.3 Å². The second-order valence-electron chi connectivity index (χ2n) is 4.58. The van der Waals surface area contributed by atoms with Crippen LogP contribution in [0, 0.1) is 0 Å². The fraction of sp³-hybridized carbons (Fsp3) is 0.700. The average molecular weight is 280 g/mol. The molecule has 0 aliphatic carbocycles. The molecule has 19 heavy (non-hydrogen) atoms. The van der Waals surface area contributed by atoms with Crippen molar-refractivity contribution in [2.24, 2.45) is 0 Å². The Hall–Kier alpha value is -1.29. The van der Waals surface area contributed by atoms with Crippen molar-refractivity contribution in [3.8, 4) is 0 Å². The van der Waals surface area contributed by atoms with Crippen molar-refractivity contribution in [2.75, 3.05) is 6.61 Å². The first kappa shape index (κ1) is 14.1. The van der Waals surface area contributed by atoms with Crippen LogP contribution in [0.2, 0.25) is 0 Å². The number of rotatable bonds is 2. The molecule has 7 nitrogen and oxygen atoms in total. The van der Waals surface area contributed by atoms with Crippen molar-refractivity contribution in [1.29, 1.82) is 0 Å². The number of ether oxygens (including phenoxy) is 1. The van der Waals surface area contributed by atoms with Gasteiger partial charge in [-0.05, 0) is 6.92 Å². The number of hydrogen-bond donors (Lipinski definition) is 4. The van der Waals surface area contributed by atoms with E-state index in [0.717, 1.165) is 6.92 Å². The standard InChI is InChI=1S/C10H14F2N2O5/c1-10(12)6(16)5(3-15)19-8(10)14-2-4(11)7(17)13-9(14)18/h2,5-8,15-17H,3H2,1H3,(H,13,18)/t5-,6-,7?,8-,10-/m1/s1. The molecular weight excluding hydrogens is 266 g/mol. The van der Waals surface area contributed by atoms with Gasteiger partial charge in [-0.1, -0.05) is 0 Å². The molecule has 0 spiro atoms. The fourth-order valence-electron chi connectivity index (χ4n) is 2.06. The van der Waals surface area contributed by atoms with E-state index < -0.39 is 48.8 Å². The molecule has 108 valence electrons. The summed E-state index contributed by atoms with van der Waals surface area (Å²) in [6.07, 6.45) is -5.71. The lowest BCUT2D eigenvalue weighted by atomic mass is 9.98. The highest BCUT2D eigenvalue weighted by Crippen LogP contribution is 2.37. The molecule has 2 aliphatic heterocycles. The summed E-state index contributed by atoms with van der Waals surface area (Å²) in [4.78, 5) is 12.1. The quantitative estimate of drug-likeness (QED) is 0.517. The van der Waals surface area contributed by atoms with Crippen LogP contribution >= 0.6 is 0 Å². The van der Waals surface area contributed by atoms with E-state index in [4.69, 9.17) is 14.9 Å². The largest absolute Gasteiger partial charge is 0.394 e. The third-order valence-electron chi connectivity index (χ3n) is 3.17. The van der Waals surface area contributed by atoms with Gasteiger partial charge < -0.3 is 25.4 Å². The van der Waals surface area contributed by atoms with Crippen LogP contribution in [0.5, 0.6) is 0 Å². The summed E-state index contributed by atoms with van der Waals surface area (Å²) in [5.41, 5.74) is -2.40. The van der Waals surface area contributed by atoms with Gasteiger partial charge in [0.05, 0.1) is 6.61 Å². The third kappa shape index (κ3) is 2.18. The normalized spacial score (nSPS) is 43.2. The second kappa shape index (κ2) is 4.67. The van der Waals surface area contributed by atoms with Crippen LogP contribution in [-0.4, -0.2) is 63.2 Å². The van der Waals surface area contributed by atoms with Gasteiger partial charge in [0, 0.05) is 6.20 Å². The molecule has 0 radical (unpaired) electrons. The van der Waals surface area contributed by atoms with Gasteiger partial charge in [-0.25, -0.2) is 13.6 Å². The monoisotopic (exact) mass is 280 g/mol. The first-order chi connectivity index (χ1) is 8.78. The van der Waals surface area contributed by atoms with Gasteiger partial charge in [0.1, 0.15) is 12.2 Å². The lowest BCUT2D eigenvalue weighted by molar-refractivity contribution is -0.0765. The highest BCUT2D eigenvalue weighted by atomic mass is 19.1. The third-order valence-corrected chi connectivity index (χ3v) is 3.17. The Labute approximate surface area is 107 Å². The summed E-state index contributed by atoms with van der Waals surface area (Å²) in [5, 5.41) is 29.5. The minimum atomic E-state index is -2.40. The zero-order valence-corrected chi connectivity index (χ0v) is 9.96. The Morgan fingerprint density at radius 2 is 2.21 bits per heavy atom. The van der Waals surface area contributed by atoms with Gasteiger partial charge in [-0.3, -0.25) is 4.90 Å². The van der Waals surface area contributed by atoms with Crippen LogP contribution in [-0.2, 0) is 4.74 Å². The molecule has 2 rings (SSSR count). The number of halogens is 2. The van der Waals surface area contributed by atoms with Gasteiger partial charge in [0.2, 0.25) is 0 Å². The van der Waals surface area contributed by atoms with Gasteiger partial charge >= 0.3 is 6.03 Å². The number of carbonyl (C=O) groups excluding carboxylic acids is 1. The zero-order chi connectivity index (χ0) is 14.4. The van der Waals surface area contributed by atoms with Crippen LogP contribution in [0.25, 0.3) is 0 Å². The number of hydrogen-bond acceptors (Lipinski definition) is 5. The van der Waals surface area contributed by atoms with Crippen LogP contribution in [0.15, 0.2) is 12.0 Å². The van der Waals surface area contributed by atoms with Gasteiger partial charge in [-0.2, -0.15) is 0 Å². The molecule has 2 amide bonds. The van der Waals surface area contributed by atoms with Crippen molar-refractivity contribution in [1.82, 2.24) is 10.2 Å². The molecule has 0 aromatic rings. The number of aliphatic hydroxyl groups is 3. The van der Waals surface area contributed by atoms with Crippen molar-refractivity contribution in [3.63, 3.8) is 0 Å². The average Bonchev–Trinajstić information content (AvgIpc) is 2.56. The number of nitrogens with zero attached hydrogens (tertiary/aromatic N) is 1. The Morgan fingerprint density at radius 3 is 2.74 bits per heavy atom. The summed E-state index contributed by atoms with van der Waals surface area (Å²) in [6, 6.07) is -0.978. The molecule has 2 aliphatic rings. The summed E-state index contributed by atoms with van der Waals surface area (Å²) in [6.45, 7) is 0.323. The van der Waals surface area contributed by atoms with E-state index >= 15 is 0 Å². The first-order valence-corrected chi connectivity index (χ1v) is 5.56. The highest BCUT2D eigenvalue weighted by molar-refractivity contribution is 5.77. The van der Waals surface area contributed by atoms with Crippen LogP contribution in [0.4, 0.5) is 13.6 Å². The first-order valence-electron chi connectivity index (χ1n) is 5.56. The maximum absolute atomic E-state index is 14.4. The van der Waals surface area contributed by atoms with Crippen molar-refractivity contribution in [3.05, 3.63) is 12.0 Å². The van der Waals surface area contributed by atoms with Crippen molar-refractivity contribution < 1.29 is 33.6 Å². The Morgan fingerprint density at radius 1 is 1.58 bits per heavy atom. The molecule has 9 heteroatoms. The maximum Gasteiger partial charge on any atom is 0.326 e. The van der Waals surface area contributed by atoms with Crippen LogP contribution < -0.4 is 5.32 Å². The SMILES string of the molecule is C[C@@]1(F)[C@H](O)[C@@H](CO)O[C@H]1N1C=C(F)C(O)NC1=O. The summed E-state index contributed by atoms with van der Waals surface area (Å²) in [7, 11) is 0. The van der Waals surface area contributed by atoms with Gasteiger partial charge in [-0.15, -0.1) is 0 Å². The maximum atomic E-state index is 14.4. The molecule has 0 aromatic carbocycles. The number of nitrogens with one attached hydrogen (secondary N) is 1. The molecule has 0 saturated carbocycles. The number of urea groups is 1. The summed E-state index contributed by atoms with van der Waals surface area (Å²) in [5.74, 6) is -1.10. The molecule has 0 bridgehead atoms. The number of aliphatic hydroxyl groups excluding tert-OH is 3. The summed E-state index contributed by atoms with van der Waals surface area (Å²) < 4.78 is 32.6. The van der Waals surface area contributed by atoms with E-state index in [9.17, 15) is 18.7 Å². The highest BCUT2D eigenvalue weighted by Gasteiger charge is 2.57. The minimum absolute atomic E-state index is 0.556. The summed E-state index contributed by atoms with van der Waals surface area (Å²) >= 11 is 0. The molecule has 2 heterocycles.